The van der Waals surface area contributed by atoms with Crippen LogP contribution in [0.25, 0.3) is 11.0 Å². The summed E-state index contributed by atoms with van der Waals surface area (Å²) in [4.78, 5) is 23.1. The van der Waals surface area contributed by atoms with Gasteiger partial charge in [0.25, 0.3) is 0 Å². The van der Waals surface area contributed by atoms with E-state index in [4.69, 9.17) is 9.47 Å². The maximum Gasteiger partial charge on any atom is 0.237 e. The van der Waals surface area contributed by atoms with Crippen LogP contribution in [0.4, 0.5) is 5.69 Å². The Bertz CT molecular complexity index is 971. The number of carbonyl (C=O) groups is 1. The van der Waals surface area contributed by atoms with Crippen molar-refractivity contribution in [2.24, 2.45) is 0 Å². The number of nitrogens with zero attached hydrogens (tertiary/aromatic N) is 2. The van der Waals surface area contributed by atoms with Crippen LogP contribution in [-0.2, 0) is 14.3 Å². The van der Waals surface area contributed by atoms with Crippen molar-refractivity contribution in [2.75, 3.05) is 31.5 Å². The molecule has 3 aromatic rings. The van der Waals surface area contributed by atoms with Gasteiger partial charge in [0.1, 0.15) is 0 Å². The smallest absolute Gasteiger partial charge is 0.237 e. The van der Waals surface area contributed by atoms with Crippen molar-refractivity contribution in [3.63, 3.8) is 0 Å². The molecule has 1 aromatic heterocycles. The number of imidazole rings is 1. The fourth-order valence-electron chi connectivity index (χ4n) is 3.57. The molecule has 2 aromatic carbocycles. The molecule has 3 rings (SSSR count). The van der Waals surface area contributed by atoms with Gasteiger partial charge in [-0.1, -0.05) is 42.1 Å². The van der Waals surface area contributed by atoms with E-state index in [1.807, 2.05) is 68.1 Å². The molecule has 6 nitrogen and oxygen atoms in total. The fourth-order valence-corrected chi connectivity index (χ4v) is 4.31. The van der Waals surface area contributed by atoms with Gasteiger partial charge in [0.05, 0.1) is 41.2 Å². The van der Waals surface area contributed by atoms with E-state index in [2.05, 4.69) is 9.97 Å². The van der Waals surface area contributed by atoms with Crippen LogP contribution < -0.4 is 4.90 Å². The quantitative estimate of drug-likeness (QED) is 0.500. The van der Waals surface area contributed by atoms with E-state index >= 15 is 0 Å². The number of benzene rings is 2. The van der Waals surface area contributed by atoms with Gasteiger partial charge in [-0.15, -0.1) is 0 Å². The molecule has 7 heteroatoms. The first-order valence-electron chi connectivity index (χ1n) is 9.97. The number of anilines is 1. The minimum atomic E-state index is -0.132. The number of fused-ring (bicyclic) bond motifs is 1. The van der Waals surface area contributed by atoms with Crippen LogP contribution in [0.15, 0.2) is 47.6 Å². The minimum absolute atomic E-state index is 0.00357. The maximum atomic E-state index is 13.4. The average Bonchev–Trinajstić information content (AvgIpc) is 3.16. The molecule has 1 amide bonds. The number of nitrogens with one attached hydrogen (secondary N) is 1. The molecule has 0 saturated carbocycles. The molecule has 2 atom stereocenters. The molecule has 0 aliphatic heterocycles. The van der Waals surface area contributed by atoms with E-state index in [1.54, 1.807) is 14.2 Å². The molecule has 0 unspecified atom stereocenters. The normalized spacial score (nSPS) is 13.4. The van der Waals surface area contributed by atoms with Gasteiger partial charge in [0.2, 0.25) is 5.91 Å². The molecule has 0 fully saturated rings. The summed E-state index contributed by atoms with van der Waals surface area (Å²) in [5, 5.41) is 0.735. The number of H-pyrrole nitrogens is 1. The van der Waals surface area contributed by atoms with Gasteiger partial charge < -0.3 is 19.4 Å². The number of aryl methyl sites for hydroxylation is 1. The Balaban J connectivity index is 1.89. The third-order valence-corrected chi connectivity index (χ3v) is 5.98. The lowest BCUT2D eigenvalue weighted by Crippen LogP contribution is -2.43. The Morgan fingerprint density at radius 3 is 2.63 bits per heavy atom. The number of hydrogen-bond acceptors (Lipinski definition) is 5. The summed E-state index contributed by atoms with van der Waals surface area (Å²) in [5.41, 5.74) is 4.77. The molecular weight excluding hydrogens is 398 g/mol. The number of carbonyl (C=O) groups excluding carboxylic acids is 1. The van der Waals surface area contributed by atoms with Crippen molar-refractivity contribution in [3.8, 4) is 0 Å². The highest BCUT2D eigenvalue weighted by molar-refractivity contribution is 7.99. The molecule has 160 valence electrons. The van der Waals surface area contributed by atoms with Crippen LogP contribution >= 0.6 is 11.8 Å². The molecule has 30 heavy (non-hydrogen) atoms. The van der Waals surface area contributed by atoms with Gasteiger partial charge >= 0.3 is 0 Å². The Hall–Kier alpha value is -2.35. The first kappa shape index (κ1) is 22.3. The summed E-state index contributed by atoms with van der Waals surface area (Å²) in [6, 6.07) is 13.8. The summed E-state index contributed by atoms with van der Waals surface area (Å²) in [6.45, 7) is 6.45. The third kappa shape index (κ3) is 4.86. The van der Waals surface area contributed by atoms with E-state index in [-0.39, 0.29) is 23.8 Å². The Kier molecular flexibility index (Phi) is 7.53. The van der Waals surface area contributed by atoms with E-state index in [1.165, 1.54) is 11.8 Å². The number of ether oxygens (including phenoxy) is 2. The number of rotatable bonds is 9. The zero-order valence-electron chi connectivity index (χ0n) is 18.1. The highest BCUT2D eigenvalue weighted by Crippen LogP contribution is 2.33. The zero-order chi connectivity index (χ0) is 21.7. The van der Waals surface area contributed by atoms with Crippen molar-refractivity contribution < 1.29 is 14.3 Å². The predicted molar refractivity (Wildman–Crippen MR) is 122 cm³/mol. The van der Waals surface area contributed by atoms with Crippen molar-refractivity contribution in [1.29, 1.82) is 0 Å². The standard InChI is InChI=1S/C23H29N3O3S/c1-15-9-8-10-18(17(3)29-5)22(15)26(16(2)13-28-4)21(27)14-30-23-24-19-11-6-7-12-20(19)25-23/h6-12,16-17H,13-14H2,1-5H3,(H,24,25)/t16-,17+/m0/s1. The number of thioether (sulfide) groups is 1. The van der Waals surface area contributed by atoms with Crippen LogP contribution in [0.5, 0.6) is 0 Å². The number of aromatic nitrogens is 2. The van der Waals surface area contributed by atoms with Crippen LogP contribution in [0.2, 0.25) is 0 Å². The lowest BCUT2D eigenvalue weighted by Gasteiger charge is -2.33. The Morgan fingerprint density at radius 1 is 1.17 bits per heavy atom. The second kappa shape index (κ2) is 10.1. The number of para-hydroxylation sites is 3. The van der Waals surface area contributed by atoms with Crippen LogP contribution in [0.1, 0.15) is 31.1 Å². The lowest BCUT2D eigenvalue weighted by molar-refractivity contribution is -0.116. The van der Waals surface area contributed by atoms with Crippen molar-refractivity contribution in [3.05, 3.63) is 53.6 Å². The highest BCUT2D eigenvalue weighted by Gasteiger charge is 2.27. The summed E-state index contributed by atoms with van der Waals surface area (Å²) in [7, 11) is 3.33. The summed E-state index contributed by atoms with van der Waals surface area (Å²) in [5.74, 6) is 0.270. The number of amides is 1. The molecule has 1 heterocycles. The van der Waals surface area contributed by atoms with Crippen LogP contribution in [0, 0.1) is 6.92 Å². The van der Waals surface area contributed by atoms with Gasteiger partial charge in [0.15, 0.2) is 5.16 Å². The summed E-state index contributed by atoms with van der Waals surface area (Å²) >= 11 is 1.41. The SMILES string of the molecule is COC[C@H](C)N(C(=O)CSc1nc2ccccc2[nH]1)c1c(C)cccc1[C@@H](C)OC. The van der Waals surface area contributed by atoms with Gasteiger partial charge in [-0.25, -0.2) is 4.98 Å². The lowest BCUT2D eigenvalue weighted by atomic mass is 10.0. The van der Waals surface area contributed by atoms with E-state index < -0.39 is 0 Å². The fraction of sp³-hybridized carbons (Fsp3) is 0.391. The monoisotopic (exact) mass is 427 g/mol. The maximum absolute atomic E-state index is 13.4. The van der Waals surface area contributed by atoms with Crippen molar-refractivity contribution in [1.82, 2.24) is 9.97 Å². The van der Waals surface area contributed by atoms with Crippen molar-refractivity contribution >= 4 is 34.4 Å². The number of aromatic amines is 1. The molecule has 0 saturated heterocycles. The largest absolute Gasteiger partial charge is 0.383 e. The molecule has 0 bridgehead atoms. The second-order valence-electron chi connectivity index (χ2n) is 7.31. The van der Waals surface area contributed by atoms with E-state index in [0.29, 0.717) is 6.61 Å². The number of hydrogen-bond donors (Lipinski definition) is 1. The van der Waals surface area contributed by atoms with Gasteiger partial charge in [-0.05, 0) is 38.5 Å². The summed E-state index contributed by atoms with van der Waals surface area (Å²) < 4.78 is 11.0. The molecule has 1 N–H and O–H groups in total. The van der Waals surface area contributed by atoms with Crippen LogP contribution in [0.3, 0.4) is 0 Å². The van der Waals surface area contributed by atoms with Gasteiger partial charge in [0, 0.05) is 19.8 Å². The Labute approximate surface area is 182 Å². The number of methoxy groups -OCH3 is 2. The molecule has 0 spiro atoms. The molecule has 0 aliphatic rings. The molecular formula is C23H29N3O3S. The van der Waals surface area contributed by atoms with Gasteiger partial charge in [-0.2, -0.15) is 0 Å². The first-order valence-corrected chi connectivity index (χ1v) is 11.0. The topological polar surface area (TPSA) is 67.5 Å². The van der Waals surface area contributed by atoms with E-state index in [0.717, 1.165) is 33.0 Å². The average molecular weight is 428 g/mol. The molecule has 0 radical (unpaired) electrons. The van der Waals surface area contributed by atoms with Gasteiger partial charge in [-0.3, -0.25) is 4.79 Å². The first-order chi connectivity index (χ1) is 14.5. The zero-order valence-corrected chi connectivity index (χ0v) is 19.0. The molecule has 0 aliphatic carbocycles. The Morgan fingerprint density at radius 2 is 1.93 bits per heavy atom. The van der Waals surface area contributed by atoms with E-state index in [9.17, 15) is 4.79 Å². The van der Waals surface area contributed by atoms with Crippen molar-refractivity contribution in [2.45, 2.75) is 38.1 Å². The summed E-state index contributed by atoms with van der Waals surface area (Å²) in [6.07, 6.45) is -0.132. The van der Waals surface area contributed by atoms with Crippen LogP contribution in [-0.4, -0.2) is 48.5 Å². The highest BCUT2D eigenvalue weighted by atomic mass is 32.2. The minimum Gasteiger partial charge on any atom is -0.383 e. The predicted octanol–water partition coefficient (Wildman–Crippen LogP) is 4.74. The third-order valence-electron chi connectivity index (χ3n) is 5.12. The second-order valence-corrected chi connectivity index (χ2v) is 8.27.